The van der Waals surface area contributed by atoms with Crippen molar-refractivity contribution in [2.45, 2.75) is 26.3 Å². The number of carbonyl (C=O) groups excluding carboxylic acids is 1. The van der Waals surface area contributed by atoms with Crippen LogP contribution in [0.3, 0.4) is 0 Å². The van der Waals surface area contributed by atoms with E-state index in [1.165, 1.54) is 12.8 Å². The predicted molar refractivity (Wildman–Crippen MR) is 72.4 cm³/mol. The molecule has 110 valence electrons. The van der Waals surface area contributed by atoms with Crippen molar-refractivity contribution in [1.82, 2.24) is 10.2 Å². The molecule has 0 bridgehead atoms. The summed E-state index contributed by atoms with van der Waals surface area (Å²) in [5.41, 5.74) is 0. The van der Waals surface area contributed by atoms with Gasteiger partial charge in [0.1, 0.15) is 12.3 Å². The monoisotopic (exact) mass is 280 g/mol. The van der Waals surface area contributed by atoms with Crippen LogP contribution in [0.25, 0.3) is 0 Å². The van der Waals surface area contributed by atoms with Crippen LogP contribution < -0.4 is 5.32 Å². The third-order valence-corrected chi connectivity index (χ3v) is 3.41. The molecule has 2 rings (SSSR count). The summed E-state index contributed by atoms with van der Waals surface area (Å²) in [6, 6.07) is 3.36. The Kier molecular flexibility index (Phi) is 4.79. The number of nitrogens with zero attached hydrogens (tertiary/aromatic N) is 1. The molecule has 6 heteroatoms. The summed E-state index contributed by atoms with van der Waals surface area (Å²) in [6.45, 7) is 4.61. The van der Waals surface area contributed by atoms with E-state index in [2.05, 4.69) is 17.1 Å². The van der Waals surface area contributed by atoms with E-state index < -0.39 is 18.4 Å². The van der Waals surface area contributed by atoms with Crippen LogP contribution in [0.4, 0.5) is 0 Å². The molecule has 6 nitrogen and oxygen atoms in total. The molecule has 1 aromatic heterocycles. The van der Waals surface area contributed by atoms with E-state index >= 15 is 0 Å². The fourth-order valence-corrected chi connectivity index (χ4v) is 2.48. The van der Waals surface area contributed by atoms with Gasteiger partial charge in [-0.2, -0.15) is 0 Å². The van der Waals surface area contributed by atoms with Crippen LogP contribution in [0, 0.1) is 5.92 Å². The highest BCUT2D eigenvalue weighted by molar-refractivity contribution is 5.93. The van der Waals surface area contributed by atoms with Gasteiger partial charge in [0.05, 0.1) is 6.54 Å². The van der Waals surface area contributed by atoms with E-state index in [1.807, 2.05) is 0 Å². The fraction of sp³-hybridized carbons (Fsp3) is 0.571. The van der Waals surface area contributed by atoms with Crippen molar-refractivity contribution < 1.29 is 19.1 Å². The molecule has 2 N–H and O–H groups in total. The molecule has 1 aliphatic rings. The molecule has 0 aliphatic carbocycles. The van der Waals surface area contributed by atoms with Crippen molar-refractivity contribution in [2.75, 3.05) is 19.6 Å². The average Bonchev–Trinajstić information content (AvgIpc) is 2.84. The van der Waals surface area contributed by atoms with Crippen LogP contribution in [0.2, 0.25) is 0 Å². The summed E-state index contributed by atoms with van der Waals surface area (Å²) in [7, 11) is 0. The Morgan fingerprint density at radius 1 is 1.50 bits per heavy atom. The van der Waals surface area contributed by atoms with Gasteiger partial charge in [-0.25, -0.2) is 0 Å². The first-order valence-electron chi connectivity index (χ1n) is 6.85. The Morgan fingerprint density at radius 2 is 2.30 bits per heavy atom. The lowest BCUT2D eigenvalue weighted by atomic mass is 10.0. The van der Waals surface area contributed by atoms with Crippen molar-refractivity contribution in [3.8, 4) is 0 Å². The number of carbonyl (C=O) groups is 2. The lowest BCUT2D eigenvalue weighted by molar-refractivity contribution is -0.135. The molecule has 2 heterocycles. The van der Waals surface area contributed by atoms with Crippen LogP contribution in [0.15, 0.2) is 16.5 Å². The van der Waals surface area contributed by atoms with Crippen LogP contribution >= 0.6 is 0 Å². The van der Waals surface area contributed by atoms with Crippen molar-refractivity contribution in [3.63, 3.8) is 0 Å². The summed E-state index contributed by atoms with van der Waals surface area (Å²) >= 11 is 0. The van der Waals surface area contributed by atoms with Gasteiger partial charge in [-0.05, 0) is 37.4 Å². The molecule has 0 spiro atoms. The third-order valence-electron chi connectivity index (χ3n) is 3.41. The first-order chi connectivity index (χ1) is 9.54. The Balaban J connectivity index is 1.88. The normalized spacial score (nSPS) is 19.8. The Labute approximate surface area is 117 Å². The third kappa shape index (κ3) is 4.09. The van der Waals surface area contributed by atoms with E-state index in [0.29, 0.717) is 12.5 Å². The molecule has 1 aromatic rings. The molecule has 20 heavy (non-hydrogen) atoms. The van der Waals surface area contributed by atoms with E-state index in [1.54, 1.807) is 12.1 Å². The van der Waals surface area contributed by atoms with Gasteiger partial charge in [0, 0.05) is 6.54 Å². The molecule has 1 aliphatic heterocycles. The molecular formula is C14H20N2O4. The van der Waals surface area contributed by atoms with Crippen molar-refractivity contribution >= 4 is 11.9 Å². The maximum absolute atomic E-state index is 11.6. The van der Waals surface area contributed by atoms with E-state index in [9.17, 15) is 9.59 Å². The number of nitrogens with one attached hydrogen (secondary N) is 1. The summed E-state index contributed by atoms with van der Waals surface area (Å²) in [5.74, 6) is 0.0148. The zero-order valence-electron chi connectivity index (χ0n) is 11.6. The summed E-state index contributed by atoms with van der Waals surface area (Å²) < 4.78 is 5.47. The largest absolute Gasteiger partial charge is 0.480 e. The molecule has 1 fully saturated rings. The van der Waals surface area contributed by atoms with Crippen LogP contribution in [-0.2, 0) is 11.3 Å². The topological polar surface area (TPSA) is 82.8 Å². The quantitative estimate of drug-likeness (QED) is 0.850. The standard InChI is InChI=1S/C14H20N2O4/c1-10-3-2-6-16(8-10)9-11-4-5-12(20-11)14(19)15-7-13(17)18/h4-5,10H,2-3,6-9H2,1H3,(H,15,19)(H,17,18). The van der Waals surface area contributed by atoms with Gasteiger partial charge >= 0.3 is 5.97 Å². The van der Waals surface area contributed by atoms with Gasteiger partial charge in [-0.15, -0.1) is 0 Å². The van der Waals surface area contributed by atoms with E-state index in [0.717, 1.165) is 18.8 Å². The highest BCUT2D eigenvalue weighted by Crippen LogP contribution is 2.18. The van der Waals surface area contributed by atoms with Gasteiger partial charge in [0.2, 0.25) is 0 Å². The summed E-state index contributed by atoms with van der Waals surface area (Å²) in [4.78, 5) is 24.3. The molecule has 0 radical (unpaired) electrons. The molecule has 1 atom stereocenters. The van der Waals surface area contributed by atoms with Gasteiger partial charge in [0.25, 0.3) is 5.91 Å². The maximum atomic E-state index is 11.6. The minimum atomic E-state index is -1.08. The predicted octanol–water partition coefficient (Wildman–Crippen LogP) is 1.33. The second-order valence-corrected chi connectivity index (χ2v) is 5.32. The number of carboxylic acid groups (broad SMARTS) is 1. The minimum absolute atomic E-state index is 0.159. The zero-order chi connectivity index (χ0) is 14.5. The number of rotatable bonds is 5. The van der Waals surface area contributed by atoms with Gasteiger partial charge in [0.15, 0.2) is 5.76 Å². The number of hydrogen-bond acceptors (Lipinski definition) is 4. The molecule has 0 aromatic carbocycles. The highest BCUT2D eigenvalue weighted by atomic mass is 16.4. The summed E-state index contributed by atoms with van der Waals surface area (Å²) in [5, 5.41) is 10.8. The smallest absolute Gasteiger partial charge is 0.322 e. The number of furan rings is 1. The Morgan fingerprint density at radius 3 is 3.00 bits per heavy atom. The maximum Gasteiger partial charge on any atom is 0.322 e. The highest BCUT2D eigenvalue weighted by Gasteiger charge is 2.18. The number of carboxylic acids is 1. The van der Waals surface area contributed by atoms with Gasteiger partial charge in [-0.1, -0.05) is 6.92 Å². The number of amides is 1. The van der Waals surface area contributed by atoms with E-state index in [4.69, 9.17) is 9.52 Å². The van der Waals surface area contributed by atoms with Crippen LogP contribution in [-0.4, -0.2) is 41.5 Å². The first kappa shape index (κ1) is 14.6. The Hall–Kier alpha value is -1.82. The zero-order valence-corrected chi connectivity index (χ0v) is 11.6. The van der Waals surface area contributed by atoms with Gasteiger partial charge in [-0.3, -0.25) is 14.5 Å². The van der Waals surface area contributed by atoms with Crippen molar-refractivity contribution in [3.05, 3.63) is 23.7 Å². The van der Waals surface area contributed by atoms with Crippen LogP contribution in [0.1, 0.15) is 36.1 Å². The number of piperidine rings is 1. The second-order valence-electron chi connectivity index (χ2n) is 5.32. The lowest BCUT2D eigenvalue weighted by Gasteiger charge is -2.29. The van der Waals surface area contributed by atoms with Gasteiger partial charge < -0.3 is 14.8 Å². The number of likely N-dealkylation sites (tertiary alicyclic amines) is 1. The fourth-order valence-electron chi connectivity index (χ4n) is 2.48. The van der Waals surface area contributed by atoms with Crippen molar-refractivity contribution in [1.29, 1.82) is 0 Å². The average molecular weight is 280 g/mol. The number of hydrogen-bond donors (Lipinski definition) is 2. The summed E-state index contributed by atoms with van der Waals surface area (Å²) in [6.07, 6.45) is 2.45. The van der Waals surface area contributed by atoms with E-state index in [-0.39, 0.29) is 5.76 Å². The molecule has 0 saturated carbocycles. The second kappa shape index (κ2) is 6.56. The molecule has 1 amide bonds. The molecular weight excluding hydrogens is 260 g/mol. The Bertz CT molecular complexity index is 483. The first-order valence-corrected chi connectivity index (χ1v) is 6.85. The number of aliphatic carboxylic acids is 1. The SMILES string of the molecule is CC1CCCN(Cc2ccc(C(=O)NCC(=O)O)o2)C1. The molecule has 1 saturated heterocycles. The minimum Gasteiger partial charge on any atom is -0.480 e. The van der Waals surface area contributed by atoms with Crippen molar-refractivity contribution in [2.24, 2.45) is 5.92 Å². The lowest BCUT2D eigenvalue weighted by Crippen LogP contribution is -2.33. The van der Waals surface area contributed by atoms with Crippen LogP contribution in [0.5, 0.6) is 0 Å². The molecule has 1 unspecified atom stereocenters.